The second-order valence-corrected chi connectivity index (χ2v) is 5.23. The Morgan fingerprint density at radius 1 is 1.24 bits per heavy atom. The summed E-state index contributed by atoms with van der Waals surface area (Å²) in [5, 5.41) is 10.5. The number of aromatic hydroxyl groups is 1. The Balaban J connectivity index is 2.41. The van der Waals surface area contributed by atoms with Crippen molar-refractivity contribution >= 4 is 11.7 Å². The number of hydrogen-bond acceptors (Lipinski definition) is 3. The van der Waals surface area contributed by atoms with Gasteiger partial charge in [0.25, 0.3) is 5.91 Å². The Labute approximate surface area is 122 Å². The summed E-state index contributed by atoms with van der Waals surface area (Å²) in [6.07, 6.45) is 0. The molecule has 0 bridgehead atoms. The molecule has 3 N–H and O–H groups in total. The third-order valence-corrected chi connectivity index (χ3v) is 3.69. The van der Waals surface area contributed by atoms with E-state index in [1.54, 1.807) is 13.0 Å². The van der Waals surface area contributed by atoms with Crippen LogP contribution in [0.25, 0.3) is 16.9 Å². The summed E-state index contributed by atoms with van der Waals surface area (Å²) in [5.74, 6) is 0.199. The molecule has 0 saturated carbocycles. The molecule has 1 heterocycles. The molecule has 0 spiro atoms. The van der Waals surface area contributed by atoms with Crippen LogP contribution in [0.5, 0.6) is 11.5 Å². The van der Waals surface area contributed by atoms with Crippen molar-refractivity contribution in [2.24, 2.45) is 5.73 Å². The van der Waals surface area contributed by atoms with Gasteiger partial charge in [-0.15, -0.1) is 0 Å². The Hall–Kier alpha value is -2.75. The topological polar surface area (TPSA) is 72.5 Å². The summed E-state index contributed by atoms with van der Waals surface area (Å²) in [6, 6.07) is 7.46. The SMILES string of the molecule is C=C1Oc2cc(C)c(C(N)=O)c(O)c2-c2cc(C)ccc21. The lowest BCUT2D eigenvalue weighted by Crippen LogP contribution is -2.15. The van der Waals surface area contributed by atoms with Crippen LogP contribution >= 0.6 is 0 Å². The molecule has 0 radical (unpaired) electrons. The van der Waals surface area contributed by atoms with Crippen LogP contribution in [0, 0.1) is 13.8 Å². The van der Waals surface area contributed by atoms with E-state index in [-0.39, 0.29) is 11.3 Å². The maximum absolute atomic E-state index is 11.6. The molecule has 0 atom stereocenters. The van der Waals surface area contributed by atoms with Gasteiger partial charge in [0.05, 0.1) is 11.1 Å². The fraction of sp³-hybridized carbons (Fsp3) is 0.118. The van der Waals surface area contributed by atoms with Crippen molar-refractivity contribution in [1.29, 1.82) is 0 Å². The Morgan fingerprint density at radius 3 is 2.62 bits per heavy atom. The molecule has 0 aromatic heterocycles. The van der Waals surface area contributed by atoms with E-state index in [0.717, 1.165) is 16.7 Å². The molecule has 3 rings (SSSR count). The number of rotatable bonds is 1. The van der Waals surface area contributed by atoms with E-state index >= 15 is 0 Å². The molecule has 1 aliphatic heterocycles. The predicted molar refractivity (Wildman–Crippen MR) is 81.2 cm³/mol. The van der Waals surface area contributed by atoms with Gasteiger partial charge in [0.15, 0.2) is 0 Å². The first-order valence-electron chi connectivity index (χ1n) is 6.54. The second kappa shape index (κ2) is 4.38. The van der Waals surface area contributed by atoms with E-state index in [4.69, 9.17) is 10.5 Å². The lowest BCUT2D eigenvalue weighted by molar-refractivity contribution is 0.0997. The van der Waals surface area contributed by atoms with Crippen LogP contribution < -0.4 is 10.5 Å². The summed E-state index contributed by atoms with van der Waals surface area (Å²) in [7, 11) is 0. The van der Waals surface area contributed by atoms with E-state index in [1.165, 1.54) is 0 Å². The van der Waals surface area contributed by atoms with E-state index in [0.29, 0.717) is 22.6 Å². The smallest absolute Gasteiger partial charge is 0.252 e. The summed E-state index contributed by atoms with van der Waals surface area (Å²) < 4.78 is 5.69. The standard InChI is InChI=1S/C17H15NO3/c1-8-4-5-11-10(3)21-13-7-9(2)14(17(18)20)16(19)15(13)12(11)6-8/h4-7,19H,3H2,1-2H3,(H2,18,20). The number of benzene rings is 2. The fourth-order valence-corrected chi connectivity index (χ4v) is 2.72. The number of carbonyl (C=O) groups is 1. The van der Waals surface area contributed by atoms with Gasteiger partial charge < -0.3 is 15.6 Å². The zero-order valence-electron chi connectivity index (χ0n) is 11.9. The second-order valence-electron chi connectivity index (χ2n) is 5.23. The maximum atomic E-state index is 11.6. The number of carbonyl (C=O) groups excluding carboxylic acids is 1. The lowest BCUT2D eigenvalue weighted by Gasteiger charge is -2.25. The first kappa shape index (κ1) is 13.2. The monoisotopic (exact) mass is 281 g/mol. The van der Waals surface area contributed by atoms with Crippen molar-refractivity contribution in [3.05, 3.63) is 53.1 Å². The van der Waals surface area contributed by atoms with Crippen molar-refractivity contribution in [3.63, 3.8) is 0 Å². The predicted octanol–water partition coefficient (Wildman–Crippen LogP) is 3.14. The van der Waals surface area contributed by atoms with Crippen molar-refractivity contribution in [2.75, 3.05) is 0 Å². The summed E-state index contributed by atoms with van der Waals surface area (Å²) in [6.45, 7) is 7.57. The molecular weight excluding hydrogens is 266 g/mol. The van der Waals surface area contributed by atoms with Crippen LogP contribution in [0.1, 0.15) is 27.0 Å². The molecule has 21 heavy (non-hydrogen) atoms. The van der Waals surface area contributed by atoms with Gasteiger partial charge in [-0.3, -0.25) is 4.79 Å². The lowest BCUT2D eigenvalue weighted by atomic mass is 9.90. The van der Waals surface area contributed by atoms with Gasteiger partial charge in [0.2, 0.25) is 0 Å². The van der Waals surface area contributed by atoms with Crippen LogP contribution in [0.15, 0.2) is 30.8 Å². The molecule has 0 saturated heterocycles. The third-order valence-electron chi connectivity index (χ3n) is 3.69. The molecule has 0 aliphatic carbocycles. The first-order valence-corrected chi connectivity index (χ1v) is 6.54. The first-order chi connectivity index (χ1) is 9.90. The van der Waals surface area contributed by atoms with Gasteiger partial charge in [-0.2, -0.15) is 0 Å². The van der Waals surface area contributed by atoms with Crippen LogP contribution in [0.3, 0.4) is 0 Å². The molecular formula is C17H15NO3. The number of nitrogens with two attached hydrogens (primary N) is 1. The van der Waals surface area contributed by atoms with Gasteiger partial charge >= 0.3 is 0 Å². The highest BCUT2D eigenvalue weighted by molar-refractivity contribution is 6.02. The zero-order valence-corrected chi connectivity index (χ0v) is 11.9. The number of phenols is 1. The Bertz CT molecular complexity index is 806. The normalized spacial score (nSPS) is 12.4. The minimum absolute atomic E-state index is 0.123. The largest absolute Gasteiger partial charge is 0.506 e. The van der Waals surface area contributed by atoms with Gasteiger partial charge in [0.1, 0.15) is 17.3 Å². The zero-order chi connectivity index (χ0) is 15.3. The molecule has 0 unspecified atom stereocenters. The van der Waals surface area contributed by atoms with Gasteiger partial charge in [-0.1, -0.05) is 30.3 Å². The van der Waals surface area contributed by atoms with Crippen molar-refractivity contribution in [2.45, 2.75) is 13.8 Å². The molecule has 0 fully saturated rings. The molecule has 4 nitrogen and oxygen atoms in total. The van der Waals surface area contributed by atoms with Gasteiger partial charge in [-0.25, -0.2) is 0 Å². The van der Waals surface area contributed by atoms with Crippen LogP contribution in [0.2, 0.25) is 0 Å². The highest BCUT2D eigenvalue weighted by Crippen LogP contribution is 2.48. The number of fused-ring (bicyclic) bond motifs is 3. The summed E-state index contributed by atoms with van der Waals surface area (Å²) in [5.41, 5.74) is 9.17. The van der Waals surface area contributed by atoms with E-state index in [2.05, 4.69) is 6.58 Å². The highest BCUT2D eigenvalue weighted by Gasteiger charge is 2.27. The van der Waals surface area contributed by atoms with Gasteiger partial charge in [0, 0.05) is 11.1 Å². The van der Waals surface area contributed by atoms with Crippen LogP contribution in [0.4, 0.5) is 0 Å². The molecule has 106 valence electrons. The van der Waals surface area contributed by atoms with E-state index < -0.39 is 5.91 Å². The molecule has 4 heteroatoms. The fourth-order valence-electron chi connectivity index (χ4n) is 2.72. The van der Waals surface area contributed by atoms with Crippen molar-refractivity contribution < 1.29 is 14.6 Å². The van der Waals surface area contributed by atoms with E-state index in [1.807, 2.05) is 25.1 Å². The summed E-state index contributed by atoms with van der Waals surface area (Å²) in [4.78, 5) is 11.6. The number of aryl methyl sites for hydroxylation is 2. The third kappa shape index (κ3) is 1.88. The minimum atomic E-state index is -0.661. The number of primary amides is 1. The van der Waals surface area contributed by atoms with Crippen LogP contribution in [-0.2, 0) is 0 Å². The van der Waals surface area contributed by atoms with Crippen molar-refractivity contribution in [1.82, 2.24) is 0 Å². The van der Waals surface area contributed by atoms with Gasteiger partial charge in [-0.05, 0) is 25.5 Å². The summed E-state index contributed by atoms with van der Waals surface area (Å²) >= 11 is 0. The number of amides is 1. The molecule has 1 amide bonds. The number of ether oxygens (including phenoxy) is 1. The maximum Gasteiger partial charge on any atom is 0.252 e. The molecule has 2 aromatic rings. The Morgan fingerprint density at radius 2 is 1.95 bits per heavy atom. The number of hydrogen-bond donors (Lipinski definition) is 2. The highest BCUT2D eigenvalue weighted by atomic mass is 16.5. The Kier molecular flexibility index (Phi) is 2.76. The average Bonchev–Trinajstić information content (AvgIpc) is 2.37. The quantitative estimate of drug-likeness (QED) is 0.843. The molecule has 2 aromatic carbocycles. The van der Waals surface area contributed by atoms with Crippen LogP contribution in [-0.4, -0.2) is 11.0 Å². The molecule has 1 aliphatic rings. The average molecular weight is 281 g/mol. The van der Waals surface area contributed by atoms with Crippen molar-refractivity contribution in [3.8, 4) is 22.6 Å². The minimum Gasteiger partial charge on any atom is -0.506 e. The van der Waals surface area contributed by atoms with E-state index in [9.17, 15) is 9.90 Å².